The van der Waals surface area contributed by atoms with E-state index in [2.05, 4.69) is 10.3 Å². The van der Waals surface area contributed by atoms with E-state index < -0.39 is 0 Å². The maximum absolute atomic E-state index is 13.1. The minimum atomic E-state index is -0.166. The Bertz CT molecular complexity index is 875. The van der Waals surface area contributed by atoms with Gasteiger partial charge in [-0.2, -0.15) is 0 Å². The summed E-state index contributed by atoms with van der Waals surface area (Å²) in [5.74, 6) is 0.259. The van der Waals surface area contributed by atoms with Crippen LogP contribution in [-0.4, -0.2) is 41.0 Å². The lowest BCUT2D eigenvalue weighted by molar-refractivity contribution is -0.119. The Morgan fingerprint density at radius 1 is 1.24 bits per heavy atom. The molecule has 0 saturated heterocycles. The molecule has 1 aromatic carbocycles. The van der Waals surface area contributed by atoms with Crippen molar-refractivity contribution in [3.05, 3.63) is 34.6 Å². The fourth-order valence-corrected chi connectivity index (χ4v) is 4.84. The zero-order chi connectivity index (χ0) is 20.6. The van der Waals surface area contributed by atoms with Crippen LogP contribution in [0.25, 0.3) is 10.9 Å². The van der Waals surface area contributed by atoms with E-state index in [1.54, 1.807) is 17.7 Å². The van der Waals surface area contributed by atoms with Crippen LogP contribution in [0.1, 0.15) is 57.9 Å². The molecular weight excluding hydrogens is 386 g/mol. The molecule has 0 bridgehead atoms. The summed E-state index contributed by atoms with van der Waals surface area (Å²) in [4.78, 5) is 30.3. The second kappa shape index (κ2) is 10.8. The van der Waals surface area contributed by atoms with Crippen molar-refractivity contribution in [3.8, 4) is 0 Å². The first-order valence-corrected chi connectivity index (χ1v) is 11.5. The number of hydrogen-bond donors (Lipinski definition) is 1. The Hall–Kier alpha value is -1.86. The van der Waals surface area contributed by atoms with Crippen LogP contribution in [0.5, 0.6) is 0 Å². The lowest BCUT2D eigenvalue weighted by atomic mass is 9.97. The molecule has 0 spiro atoms. The highest BCUT2D eigenvalue weighted by Crippen LogP contribution is 2.22. The molecule has 0 aliphatic heterocycles. The van der Waals surface area contributed by atoms with Crippen molar-refractivity contribution in [1.29, 1.82) is 0 Å². The Balaban J connectivity index is 1.75. The van der Waals surface area contributed by atoms with Crippen LogP contribution in [0.15, 0.2) is 34.2 Å². The fourth-order valence-electron chi connectivity index (χ4n) is 3.93. The Morgan fingerprint density at radius 3 is 2.66 bits per heavy atom. The lowest BCUT2D eigenvalue weighted by Crippen LogP contribution is -2.36. The van der Waals surface area contributed by atoms with Gasteiger partial charge in [0.2, 0.25) is 5.91 Å². The molecule has 1 heterocycles. The second-order valence-corrected chi connectivity index (χ2v) is 8.73. The van der Waals surface area contributed by atoms with Crippen LogP contribution in [0.4, 0.5) is 0 Å². The number of para-hydroxylation sites is 1. The number of amides is 1. The number of thioether (sulfide) groups is 1. The van der Waals surface area contributed by atoms with E-state index in [0.29, 0.717) is 22.7 Å². The molecule has 1 aliphatic carbocycles. The van der Waals surface area contributed by atoms with Gasteiger partial charge in [0.1, 0.15) is 0 Å². The highest BCUT2D eigenvalue weighted by molar-refractivity contribution is 7.99. The number of benzene rings is 1. The molecule has 6 nitrogen and oxygen atoms in total. The van der Waals surface area contributed by atoms with E-state index in [1.807, 2.05) is 25.1 Å². The van der Waals surface area contributed by atoms with Gasteiger partial charge in [-0.15, -0.1) is 0 Å². The van der Waals surface area contributed by atoms with Gasteiger partial charge >= 0.3 is 0 Å². The summed E-state index contributed by atoms with van der Waals surface area (Å²) in [7, 11) is 1.62. The summed E-state index contributed by atoms with van der Waals surface area (Å²) >= 11 is 1.32. The molecule has 1 amide bonds. The van der Waals surface area contributed by atoms with Gasteiger partial charge < -0.3 is 10.1 Å². The summed E-state index contributed by atoms with van der Waals surface area (Å²) in [5.41, 5.74) is 0.560. The normalized spacial score (nSPS) is 16.9. The third-order valence-corrected chi connectivity index (χ3v) is 6.38. The van der Waals surface area contributed by atoms with Crippen molar-refractivity contribution in [2.75, 3.05) is 19.5 Å². The molecule has 158 valence electrons. The van der Waals surface area contributed by atoms with Crippen LogP contribution >= 0.6 is 11.8 Å². The third kappa shape index (κ3) is 5.82. The largest absolute Gasteiger partial charge is 0.383 e. The minimum absolute atomic E-state index is 0.00826. The van der Waals surface area contributed by atoms with E-state index >= 15 is 0 Å². The number of methoxy groups -OCH3 is 1. The molecule has 1 aliphatic rings. The van der Waals surface area contributed by atoms with Gasteiger partial charge in [0, 0.05) is 13.2 Å². The van der Waals surface area contributed by atoms with Gasteiger partial charge in [0.05, 0.1) is 29.3 Å². The molecule has 1 atom stereocenters. The quantitative estimate of drug-likeness (QED) is 0.546. The first-order chi connectivity index (χ1) is 14.1. The monoisotopic (exact) mass is 417 g/mol. The summed E-state index contributed by atoms with van der Waals surface area (Å²) in [6.07, 6.45) is 8.29. The topological polar surface area (TPSA) is 73.2 Å². The number of ether oxygens (including phenoxy) is 1. The fraction of sp³-hybridized carbons (Fsp3) is 0.591. The van der Waals surface area contributed by atoms with Gasteiger partial charge in [0.15, 0.2) is 5.16 Å². The predicted molar refractivity (Wildman–Crippen MR) is 118 cm³/mol. The number of nitrogens with one attached hydrogen (secondary N) is 1. The average molecular weight is 418 g/mol. The number of nitrogens with zero attached hydrogens (tertiary/aromatic N) is 2. The zero-order valence-corrected chi connectivity index (χ0v) is 18.2. The van der Waals surface area contributed by atoms with Crippen molar-refractivity contribution in [2.24, 2.45) is 0 Å². The number of rotatable bonds is 7. The predicted octanol–water partition coefficient (Wildman–Crippen LogP) is 3.93. The van der Waals surface area contributed by atoms with Crippen molar-refractivity contribution < 1.29 is 9.53 Å². The van der Waals surface area contributed by atoms with Gasteiger partial charge in [0.25, 0.3) is 5.56 Å². The number of carbonyl (C=O) groups is 1. The van der Waals surface area contributed by atoms with Crippen LogP contribution in [-0.2, 0) is 9.53 Å². The van der Waals surface area contributed by atoms with Crippen LogP contribution in [0.2, 0.25) is 0 Å². The van der Waals surface area contributed by atoms with E-state index in [4.69, 9.17) is 4.74 Å². The highest BCUT2D eigenvalue weighted by atomic mass is 32.2. The van der Waals surface area contributed by atoms with Crippen LogP contribution < -0.4 is 10.9 Å². The average Bonchev–Trinajstić information content (AvgIpc) is 2.68. The van der Waals surface area contributed by atoms with E-state index in [-0.39, 0.29) is 29.3 Å². The number of hydrogen-bond acceptors (Lipinski definition) is 5. The zero-order valence-electron chi connectivity index (χ0n) is 17.4. The summed E-state index contributed by atoms with van der Waals surface area (Å²) < 4.78 is 6.90. The SMILES string of the molecule is COC[C@@H](C)n1c(SCC(=O)NC2CCCCCCC2)nc2ccccc2c1=O. The molecule has 1 saturated carbocycles. The maximum Gasteiger partial charge on any atom is 0.262 e. The second-order valence-electron chi connectivity index (χ2n) is 7.79. The summed E-state index contributed by atoms with van der Waals surface area (Å²) in [5, 5.41) is 4.33. The summed E-state index contributed by atoms with van der Waals surface area (Å²) in [6.45, 7) is 2.34. The Morgan fingerprint density at radius 2 is 1.93 bits per heavy atom. The van der Waals surface area contributed by atoms with Crippen molar-refractivity contribution in [2.45, 2.75) is 69.1 Å². The highest BCUT2D eigenvalue weighted by Gasteiger charge is 2.19. The van der Waals surface area contributed by atoms with Crippen LogP contribution in [0, 0.1) is 0 Å². The Labute approximate surface area is 176 Å². The first kappa shape index (κ1) is 21.8. The smallest absolute Gasteiger partial charge is 0.262 e. The molecule has 0 unspecified atom stereocenters. The minimum Gasteiger partial charge on any atom is -0.383 e. The van der Waals surface area contributed by atoms with Crippen molar-refractivity contribution >= 4 is 28.6 Å². The molecule has 7 heteroatoms. The first-order valence-electron chi connectivity index (χ1n) is 10.5. The van der Waals surface area contributed by atoms with Crippen molar-refractivity contribution in [1.82, 2.24) is 14.9 Å². The summed E-state index contributed by atoms with van der Waals surface area (Å²) in [6, 6.07) is 7.43. The van der Waals surface area contributed by atoms with E-state index in [1.165, 1.54) is 43.9 Å². The van der Waals surface area contributed by atoms with Crippen LogP contribution in [0.3, 0.4) is 0 Å². The molecule has 2 aromatic rings. The standard InChI is InChI=1S/C22H31N3O3S/c1-16(14-28-2)25-21(27)18-12-8-9-13-19(18)24-22(25)29-15-20(26)23-17-10-6-4-3-5-7-11-17/h8-9,12-13,16-17H,3-7,10-11,14-15H2,1-2H3,(H,23,26)/t16-/m1/s1. The molecule has 1 aromatic heterocycles. The van der Waals surface area contributed by atoms with Gasteiger partial charge in [-0.1, -0.05) is 56.0 Å². The maximum atomic E-state index is 13.1. The lowest BCUT2D eigenvalue weighted by Gasteiger charge is -2.21. The van der Waals surface area contributed by atoms with Gasteiger partial charge in [-0.3, -0.25) is 14.2 Å². The number of aromatic nitrogens is 2. The molecular formula is C22H31N3O3S. The molecule has 3 rings (SSSR count). The Kier molecular flexibility index (Phi) is 8.12. The van der Waals surface area contributed by atoms with E-state index in [0.717, 1.165) is 12.8 Å². The molecule has 29 heavy (non-hydrogen) atoms. The van der Waals surface area contributed by atoms with Gasteiger partial charge in [-0.25, -0.2) is 4.98 Å². The molecule has 0 radical (unpaired) electrons. The molecule has 1 N–H and O–H groups in total. The third-order valence-electron chi connectivity index (χ3n) is 5.43. The number of fused-ring (bicyclic) bond motifs is 1. The molecule has 1 fully saturated rings. The van der Waals surface area contributed by atoms with E-state index in [9.17, 15) is 9.59 Å². The van der Waals surface area contributed by atoms with Crippen molar-refractivity contribution in [3.63, 3.8) is 0 Å². The number of carbonyl (C=O) groups excluding carboxylic acids is 1. The van der Waals surface area contributed by atoms with Gasteiger partial charge in [-0.05, 0) is 31.9 Å².